The van der Waals surface area contributed by atoms with Gasteiger partial charge in [0.2, 0.25) is 0 Å². The first-order chi connectivity index (χ1) is 10.6. The van der Waals surface area contributed by atoms with Crippen molar-refractivity contribution < 1.29 is 4.79 Å². The van der Waals surface area contributed by atoms with Crippen molar-refractivity contribution in [3.05, 3.63) is 62.8 Å². The maximum absolute atomic E-state index is 12.3. The molecule has 0 radical (unpaired) electrons. The average molecular weight is 311 g/mol. The summed E-state index contributed by atoms with van der Waals surface area (Å²) in [5.74, 6) is 0.339. The summed E-state index contributed by atoms with van der Waals surface area (Å²) in [7, 11) is 0. The van der Waals surface area contributed by atoms with Crippen LogP contribution < -0.4 is 5.56 Å². The number of aryl methyl sites for hydroxylation is 2. The van der Waals surface area contributed by atoms with Gasteiger partial charge in [-0.3, -0.25) is 9.59 Å². The van der Waals surface area contributed by atoms with Gasteiger partial charge in [0.15, 0.2) is 5.78 Å². The van der Waals surface area contributed by atoms with Gasteiger partial charge in [0.25, 0.3) is 5.56 Å². The molecular weight excluding hydrogens is 298 g/mol. The first-order valence-electron chi connectivity index (χ1n) is 6.67. The zero-order chi connectivity index (χ0) is 15.7. The topological polar surface area (TPSA) is 75.7 Å². The molecule has 6 heteroatoms. The minimum absolute atomic E-state index is 0.176. The summed E-state index contributed by atoms with van der Waals surface area (Å²) in [6.45, 7) is 3.58. The van der Waals surface area contributed by atoms with Crippen LogP contribution in [0.5, 0.6) is 0 Å². The van der Waals surface area contributed by atoms with Crippen molar-refractivity contribution in [2.45, 2.75) is 13.8 Å². The number of thiophene rings is 1. The van der Waals surface area contributed by atoms with Crippen LogP contribution in [0.25, 0.3) is 16.3 Å². The first-order valence-corrected chi connectivity index (χ1v) is 7.55. The van der Waals surface area contributed by atoms with Crippen molar-refractivity contribution in [2.24, 2.45) is 0 Å². The highest BCUT2D eigenvalue weighted by Crippen LogP contribution is 2.22. The van der Waals surface area contributed by atoms with E-state index in [1.807, 2.05) is 11.4 Å². The lowest BCUT2D eigenvalue weighted by Crippen LogP contribution is -2.18. The van der Waals surface area contributed by atoms with Crippen LogP contribution in [0.2, 0.25) is 0 Å². The SMILES string of the molecule is Cc1ncc(/C=C/C(=O)c2c(C)c3ccsc3[nH]c2=O)cn1. The smallest absolute Gasteiger partial charge is 0.260 e. The Kier molecular flexibility index (Phi) is 3.68. The molecule has 0 bridgehead atoms. The number of rotatable bonds is 3. The second-order valence-electron chi connectivity index (χ2n) is 4.88. The van der Waals surface area contributed by atoms with E-state index in [9.17, 15) is 9.59 Å². The lowest BCUT2D eigenvalue weighted by atomic mass is 10.0. The fourth-order valence-corrected chi connectivity index (χ4v) is 3.05. The van der Waals surface area contributed by atoms with E-state index < -0.39 is 0 Å². The van der Waals surface area contributed by atoms with Gasteiger partial charge in [0.05, 0.1) is 5.56 Å². The van der Waals surface area contributed by atoms with Crippen LogP contribution in [-0.4, -0.2) is 20.7 Å². The van der Waals surface area contributed by atoms with Crippen molar-refractivity contribution in [3.63, 3.8) is 0 Å². The Bertz CT molecular complexity index is 936. The lowest BCUT2D eigenvalue weighted by Gasteiger charge is -2.02. The van der Waals surface area contributed by atoms with Gasteiger partial charge in [-0.2, -0.15) is 0 Å². The third-order valence-electron chi connectivity index (χ3n) is 3.37. The molecule has 0 atom stereocenters. The van der Waals surface area contributed by atoms with Gasteiger partial charge >= 0.3 is 0 Å². The number of fused-ring (bicyclic) bond motifs is 1. The Morgan fingerprint density at radius 2 is 2.00 bits per heavy atom. The zero-order valence-corrected chi connectivity index (χ0v) is 12.9. The number of H-pyrrole nitrogens is 1. The van der Waals surface area contributed by atoms with E-state index in [1.165, 1.54) is 17.4 Å². The van der Waals surface area contributed by atoms with Crippen molar-refractivity contribution in [3.8, 4) is 0 Å². The summed E-state index contributed by atoms with van der Waals surface area (Å²) in [6.07, 6.45) is 6.25. The zero-order valence-electron chi connectivity index (χ0n) is 12.1. The summed E-state index contributed by atoms with van der Waals surface area (Å²) in [6, 6.07) is 1.90. The number of ketones is 1. The van der Waals surface area contributed by atoms with E-state index in [0.29, 0.717) is 17.0 Å². The molecule has 0 saturated carbocycles. The number of aromatic nitrogens is 3. The van der Waals surface area contributed by atoms with Crippen LogP contribution in [0.15, 0.2) is 34.7 Å². The van der Waals surface area contributed by atoms with Gasteiger partial charge in [-0.05, 0) is 43.0 Å². The minimum atomic E-state index is -0.359. The molecule has 0 aliphatic carbocycles. The van der Waals surface area contributed by atoms with Crippen molar-refractivity contribution in [2.75, 3.05) is 0 Å². The van der Waals surface area contributed by atoms with E-state index in [0.717, 1.165) is 10.2 Å². The molecular formula is C16H13N3O2S. The largest absolute Gasteiger partial charge is 0.313 e. The van der Waals surface area contributed by atoms with E-state index in [4.69, 9.17) is 0 Å². The van der Waals surface area contributed by atoms with Crippen LogP contribution in [0, 0.1) is 13.8 Å². The number of carbonyl (C=O) groups excluding carboxylic acids is 1. The number of aromatic amines is 1. The van der Waals surface area contributed by atoms with E-state index >= 15 is 0 Å². The van der Waals surface area contributed by atoms with E-state index in [2.05, 4.69) is 15.0 Å². The second kappa shape index (κ2) is 5.65. The van der Waals surface area contributed by atoms with E-state index in [1.54, 1.807) is 32.3 Å². The molecule has 3 aromatic rings. The molecule has 3 rings (SSSR count). The molecule has 0 aliphatic heterocycles. The van der Waals surface area contributed by atoms with Crippen molar-refractivity contribution in [1.82, 2.24) is 15.0 Å². The Morgan fingerprint density at radius 3 is 2.73 bits per heavy atom. The predicted octanol–water partition coefficient (Wildman–Crippen LogP) is 2.89. The number of hydrogen-bond donors (Lipinski definition) is 1. The summed E-state index contributed by atoms with van der Waals surface area (Å²) in [4.78, 5) is 36.1. The van der Waals surface area contributed by atoms with Crippen molar-refractivity contribution in [1.29, 1.82) is 0 Å². The summed E-state index contributed by atoms with van der Waals surface area (Å²) in [5.41, 5.74) is 1.23. The molecule has 0 unspecified atom stereocenters. The predicted molar refractivity (Wildman–Crippen MR) is 87.3 cm³/mol. The maximum atomic E-state index is 12.3. The molecule has 0 fully saturated rings. The van der Waals surface area contributed by atoms with Gasteiger partial charge < -0.3 is 4.98 Å². The first kappa shape index (κ1) is 14.3. The number of nitrogens with zero attached hydrogens (tertiary/aromatic N) is 2. The molecule has 0 aliphatic rings. The van der Waals surface area contributed by atoms with Crippen LogP contribution >= 0.6 is 11.3 Å². The molecule has 5 nitrogen and oxygen atoms in total. The summed E-state index contributed by atoms with van der Waals surface area (Å²) in [5, 5.41) is 2.79. The monoisotopic (exact) mass is 311 g/mol. The fourth-order valence-electron chi connectivity index (χ4n) is 2.21. The highest BCUT2D eigenvalue weighted by Gasteiger charge is 2.15. The lowest BCUT2D eigenvalue weighted by molar-refractivity contribution is 0.104. The van der Waals surface area contributed by atoms with Gasteiger partial charge in [-0.1, -0.05) is 0 Å². The highest BCUT2D eigenvalue weighted by molar-refractivity contribution is 7.16. The minimum Gasteiger partial charge on any atom is -0.313 e. The Balaban J connectivity index is 1.98. The molecule has 0 aromatic carbocycles. The van der Waals surface area contributed by atoms with Gasteiger partial charge in [-0.15, -0.1) is 11.3 Å². The number of allylic oxidation sites excluding steroid dienone is 1. The standard InChI is InChI=1S/C16H13N3O2S/c1-9-12-5-6-22-16(12)19-15(21)14(9)13(20)4-3-11-7-17-10(2)18-8-11/h3-8H,1-2H3,(H,19,21)/b4-3+. The van der Waals surface area contributed by atoms with Crippen LogP contribution in [0.3, 0.4) is 0 Å². The highest BCUT2D eigenvalue weighted by atomic mass is 32.1. The van der Waals surface area contributed by atoms with E-state index in [-0.39, 0.29) is 16.9 Å². The Labute approximate surface area is 130 Å². The quantitative estimate of drug-likeness (QED) is 0.596. The molecule has 1 N–H and O–H groups in total. The second-order valence-corrected chi connectivity index (χ2v) is 5.79. The average Bonchev–Trinajstić information content (AvgIpc) is 2.95. The number of hydrogen-bond acceptors (Lipinski definition) is 5. The summed E-state index contributed by atoms with van der Waals surface area (Å²) >= 11 is 1.45. The normalized spacial score (nSPS) is 11.4. The Hall–Kier alpha value is -2.60. The fraction of sp³-hybridized carbons (Fsp3) is 0.125. The van der Waals surface area contributed by atoms with Gasteiger partial charge in [-0.25, -0.2) is 9.97 Å². The summed E-state index contributed by atoms with van der Waals surface area (Å²) < 4.78 is 0. The van der Waals surface area contributed by atoms with Crippen molar-refractivity contribution >= 4 is 33.4 Å². The molecule has 110 valence electrons. The molecule has 0 saturated heterocycles. The number of carbonyl (C=O) groups is 1. The van der Waals surface area contributed by atoms with Gasteiger partial charge in [0.1, 0.15) is 10.7 Å². The molecule has 0 spiro atoms. The third kappa shape index (κ3) is 2.60. The van der Waals surface area contributed by atoms with Crippen LogP contribution in [-0.2, 0) is 0 Å². The van der Waals surface area contributed by atoms with Gasteiger partial charge in [0, 0.05) is 23.3 Å². The van der Waals surface area contributed by atoms with Crippen LogP contribution in [0.1, 0.15) is 27.3 Å². The molecule has 22 heavy (non-hydrogen) atoms. The molecule has 0 amide bonds. The molecule has 3 aromatic heterocycles. The maximum Gasteiger partial charge on any atom is 0.260 e. The number of nitrogens with one attached hydrogen (secondary N) is 1. The number of pyridine rings is 1. The van der Waals surface area contributed by atoms with Crippen LogP contribution in [0.4, 0.5) is 0 Å². The third-order valence-corrected chi connectivity index (χ3v) is 4.20. The molecule has 3 heterocycles. The Morgan fingerprint density at radius 1 is 1.27 bits per heavy atom.